The zero-order valence-corrected chi connectivity index (χ0v) is 15.1. The Labute approximate surface area is 152 Å². The standard InChI is InChI=1S/C17H20BrF3N2O2/c18-13-6-4-11(5-7-13)16(25)22-9-8-15(24)23-14-3-1-2-12(10-14)17(19,20)21/h4-7,12,14H,1-3,8-10H2,(H,22,25)(H,23,24)/t12-,14-/m0/s1. The van der Waals surface area contributed by atoms with Gasteiger partial charge in [-0.3, -0.25) is 9.59 Å². The van der Waals surface area contributed by atoms with Crippen molar-refractivity contribution in [2.24, 2.45) is 5.92 Å². The van der Waals surface area contributed by atoms with Crippen molar-refractivity contribution in [3.8, 4) is 0 Å². The van der Waals surface area contributed by atoms with Crippen LogP contribution >= 0.6 is 15.9 Å². The first kappa shape index (κ1) is 19.8. The van der Waals surface area contributed by atoms with Crippen molar-refractivity contribution in [3.63, 3.8) is 0 Å². The van der Waals surface area contributed by atoms with Crippen LogP contribution in [0.3, 0.4) is 0 Å². The lowest BCUT2D eigenvalue weighted by Gasteiger charge is -2.31. The summed E-state index contributed by atoms with van der Waals surface area (Å²) in [7, 11) is 0. The van der Waals surface area contributed by atoms with Crippen LogP contribution in [0.15, 0.2) is 28.7 Å². The number of hydrogen-bond donors (Lipinski definition) is 2. The van der Waals surface area contributed by atoms with Crippen molar-refractivity contribution < 1.29 is 22.8 Å². The van der Waals surface area contributed by atoms with Crippen molar-refractivity contribution in [3.05, 3.63) is 34.3 Å². The summed E-state index contributed by atoms with van der Waals surface area (Å²) in [5.41, 5.74) is 0.476. The van der Waals surface area contributed by atoms with Crippen LogP contribution in [0.2, 0.25) is 0 Å². The number of carbonyl (C=O) groups is 2. The summed E-state index contributed by atoms with van der Waals surface area (Å²) in [6.45, 7) is 0.135. The molecule has 1 fully saturated rings. The summed E-state index contributed by atoms with van der Waals surface area (Å²) >= 11 is 3.27. The van der Waals surface area contributed by atoms with Gasteiger partial charge in [0.15, 0.2) is 0 Å². The van der Waals surface area contributed by atoms with E-state index >= 15 is 0 Å². The van der Waals surface area contributed by atoms with E-state index in [1.165, 1.54) is 0 Å². The Balaban J connectivity index is 1.72. The summed E-state index contributed by atoms with van der Waals surface area (Å²) < 4.78 is 39.2. The van der Waals surface area contributed by atoms with Gasteiger partial charge in [0.2, 0.25) is 5.91 Å². The second-order valence-corrected chi connectivity index (χ2v) is 7.10. The number of hydrogen-bond acceptors (Lipinski definition) is 2. The van der Waals surface area contributed by atoms with Crippen molar-refractivity contribution in [2.45, 2.75) is 44.3 Å². The molecular formula is C17H20BrF3N2O2. The Morgan fingerprint density at radius 2 is 1.84 bits per heavy atom. The van der Waals surface area contributed by atoms with Crippen molar-refractivity contribution >= 4 is 27.7 Å². The summed E-state index contributed by atoms with van der Waals surface area (Å²) in [6, 6.07) is 6.33. The monoisotopic (exact) mass is 420 g/mol. The molecule has 1 aromatic carbocycles. The minimum absolute atomic E-state index is 0.0372. The smallest absolute Gasteiger partial charge is 0.353 e. The number of carbonyl (C=O) groups excluding carboxylic acids is 2. The van der Waals surface area contributed by atoms with Crippen LogP contribution < -0.4 is 10.6 Å². The molecule has 2 rings (SSSR count). The molecule has 1 saturated carbocycles. The molecule has 1 aliphatic rings. The summed E-state index contributed by atoms with van der Waals surface area (Å²) in [4.78, 5) is 23.8. The average Bonchev–Trinajstić information content (AvgIpc) is 2.55. The maximum absolute atomic E-state index is 12.8. The highest BCUT2D eigenvalue weighted by molar-refractivity contribution is 9.10. The zero-order valence-electron chi connectivity index (χ0n) is 13.5. The van der Waals surface area contributed by atoms with Gasteiger partial charge in [0.1, 0.15) is 0 Å². The van der Waals surface area contributed by atoms with Gasteiger partial charge in [-0.1, -0.05) is 22.4 Å². The molecule has 0 aromatic heterocycles. The Kier molecular flexibility index (Phi) is 6.87. The number of amides is 2. The summed E-state index contributed by atoms with van der Waals surface area (Å²) in [5, 5.41) is 5.27. The second kappa shape index (κ2) is 8.69. The molecule has 0 saturated heterocycles. The van der Waals surface area contributed by atoms with E-state index in [9.17, 15) is 22.8 Å². The van der Waals surface area contributed by atoms with Crippen molar-refractivity contribution in [2.75, 3.05) is 6.54 Å². The fraction of sp³-hybridized carbons (Fsp3) is 0.529. The molecule has 25 heavy (non-hydrogen) atoms. The highest BCUT2D eigenvalue weighted by Crippen LogP contribution is 2.37. The molecule has 0 bridgehead atoms. The normalized spacial score (nSPS) is 20.8. The van der Waals surface area contributed by atoms with Crippen LogP contribution in [-0.4, -0.2) is 30.6 Å². The van der Waals surface area contributed by atoms with E-state index in [2.05, 4.69) is 26.6 Å². The minimum atomic E-state index is -4.21. The van der Waals surface area contributed by atoms with Crippen LogP contribution in [0.1, 0.15) is 42.5 Å². The lowest BCUT2D eigenvalue weighted by atomic mass is 9.85. The van der Waals surface area contributed by atoms with Crippen LogP contribution in [-0.2, 0) is 4.79 Å². The summed E-state index contributed by atoms with van der Waals surface area (Å²) in [5.74, 6) is -1.98. The largest absolute Gasteiger partial charge is 0.391 e. The molecule has 2 N–H and O–H groups in total. The van der Waals surface area contributed by atoms with Gasteiger partial charge in [-0.2, -0.15) is 13.2 Å². The number of halogens is 4. The lowest BCUT2D eigenvalue weighted by Crippen LogP contribution is -2.42. The van der Waals surface area contributed by atoms with Crippen LogP contribution in [0.4, 0.5) is 13.2 Å². The van der Waals surface area contributed by atoms with Crippen LogP contribution in [0.25, 0.3) is 0 Å². The number of nitrogens with one attached hydrogen (secondary N) is 2. The summed E-state index contributed by atoms with van der Waals surface area (Å²) in [6.07, 6.45) is -3.10. The molecule has 0 aliphatic heterocycles. The lowest BCUT2D eigenvalue weighted by molar-refractivity contribution is -0.184. The zero-order chi connectivity index (χ0) is 18.4. The Morgan fingerprint density at radius 1 is 1.16 bits per heavy atom. The second-order valence-electron chi connectivity index (χ2n) is 6.18. The van der Waals surface area contributed by atoms with Crippen molar-refractivity contribution in [1.29, 1.82) is 0 Å². The fourth-order valence-electron chi connectivity index (χ4n) is 2.91. The third kappa shape index (κ3) is 6.34. The van der Waals surface area contributed by atoms with Gasteiger partial charge in [-0.05, 0) is 43.5 Å². The molecule has 4 nitrogen and oxygen atoms in total. The Hall–Kier alpha value is -1.57. The Morgan fingerprint density at radius 3 is 2.48 bits per heavy atom. The van der Waals surface area contributed by atoms with E-state index in [1.807, 2.05) is 0 Å². The molecule has 1 aliphatic carbocycles. The first-order valence-electron chi connectivity index (χ1n) is 8.15. The average molecular weight is 421 g/mol. The predicted molar refractivity (Wildman–Crippen MR) is 91.0 cm³/mol. The Bertz CT molecular complexity index is 605. The molecule has 0 spiro atoms. The maximum atomic E-state index is 12.8. The van der Waals surface area contributed by atoms with E-state index in [1.54, 1.807) is 24.3 Å². The number of alkyl halides is 3. The minimum Gasteiger partial charge on any atom is -0.353 e. The van der Waals surface area contributed by atoms with Crippen molar-refractivity contribution in [1.82, 2.24) is 10.6 Å². The molecular weight excluding hydrogens is 401 g/mol. The number of rotatable bonds is 5. The first-order valence-corrected chi connectivity index (χ1v) is 8.95. The van der Waals surface area contributed by atoms with E-state index in [0.29, 0.717) is 18.4 Å². The predicted octanol–water partition coefficient (Wildman–Crippen LogP) is 3.81. The van der Waals surface area contributed by atoms with Gasteiger partial charge in [-0.25, -0.2) is 0 Å². The van der Waals surface area contributed by atoms with Gasteiger partial charge >= 0.3 is 6.18 Å². The van der Waals surface area contributed by atoms with Gasteiger partial charge in [0.25, 0.3) is 5.91 Å². The van der Waals surface area contributed by atoms with E-state index in [-0.39, 0.29) is 37.6 Å². The molecule has 0 unspecified atom stereocenters. The molecule has 0 heterocycles. The van der Waals surface area contributed by atoms with E-state index < -0.39 is 18.1 Å². The quantitative estimate of drug-likeness (QED) is 0.760. The molecule has 2 atom stereocenters. The molecule has 8 heteroatoms. The molecule has 1 aromatic rings. The van der Waals surface area contributed by atoms with Gasteiger partial charge < -0.3 is 10.6 Å². The van der Waals surface area contributed by atoms with Gasteiger partial charge in [0, 0.05) is 29.0 Å². The highest BCUT2D eigenvalue weighted by atomic mass is 79.9. The topological polar surface area (TPSA) is 58.2 Å². The fourth-order valence-corrected chi connectivity index (χ4v) is 3.18. The van der Waals surface area contributed by atoms with Gasteiger partial charge in [0.05, 0.1) is 5.92 Å². The van der Waals surface area contributed by atoms with E-state index in [0.717, 1.165) is 4.47 Å². The third-order valence-corrected chi connectivity index (χ3v) is 4.77. The highest BCUT2D eigenvalue weighted by Gasteiger charge is 2.42. The van der Waals surface area contributed by atoms with E-state index in [4.69, 9.17) is 0 Å². The number of benzene rings is 1. The first-order chi connectivity index (χ1) is 11.8. The third-order valence-electron chi connectivity index (χ3n) is 4.25. The van der Waals surface area contributed by atoms with Crippen LogP contribution in [0.5, 0.6) is 0 Å². The van der Waals surface area contributed by atoms with Gasteiger partial charge in [-0.15, -0.1) is 0 Å². The van der Waals surface area contributed by atoms with Crippen LogP contribution in [0, 0.1) is 5.92 Å². The molecule has 138 valence electrons. The molecule has 0 radical (unpaired) electrons. The maximum Gasteiger partial charge on any atom is 0.391 e. The molecule has 2 amide bonds. The SMILES string of the molecule is O=C(CCNC(=O)c1ccc(Br)cc1)N[C@H]1CCC[C@H](C(F)(F)F)C1.